The van der Waals surface area contributed by atoms with Crippen LogP contribution in [0.5, 0.6) is 0 Å². The zero-order chi connectivity index (χ0) is 14.5. The van der Waals surface area contributed by atoms with E-state index in [1.807, 2.05) is 13.0 Å². The Balaban J connectivity index is 2.05. The topological polar surface area (TPSA) is 49.4 Å². The fourth-order valence-electron chi connectivity index (χ4n) is 2.61. The Labute approximate surface area is 120 Å². The molecule has 4 heteroatoms. The Morgan fingerprint density at radius 1 is 1.15 bits per heavy atom. The summed E-state index contributed by atoms with van der Waals surface area (Å²) in [5.74, 6) is -0.0767. The van der Waals surface area contributed by atoms with E-state index in [0.717, 1.165) is 25.9 Å². The highest BCUT2D eigenvalue weighted by Crippen LogP contribution is 2.18. The number of anilines is 1. The number of carbonyl (C=O) groups excluding carboxylic acids is 2. The van der Waals surface area contributed by atoms with Crippen LogP contribution in [0.15, 0.2) is 24.3 Å². The second-order valence-electron chi connectivity index (χ2n) is 5.36. The maximum absolute atomic E-state index is 12.3. The zero-order valence-electron chi connectivity index (χ0n) is 12.2. The van der Waals surface area contributed by atoms with Crippen LogP contribution in [-0.2, 0) is 4.79 Å². The number of para-hydroxylation sites is 1. The minimum absolute atomic E-state index is 0.0356. The first-order valence-corrected chi connectivity index (χ1v) is 7.24. The summed E-state index contributed by atoms with van der Waals surface area (Å²) in [7, 11) is 0. The van der Waals surface area contributed by atoms with Crippen LogP contribution in [0.3, 0.4) is 0 Å². The molecule has 1 fully saturated rings. The zero-order valence-corrected chi connectivity index (χ0v) is 12.2. The van der Waals surface area contributed by atoms with E-state index in [1.165, 1.54) is 13.3 Å². The number of nitrogens with zero attached hydrogens (tertiary/aromatic N) is 1. The first-order valence-electron chi connectivity index (χ1n) is 7.24. The standard InChI is InChI=1S/C16H22N2O2/c1-12(18-10-6-3-7-11-18)16(20)17-15-9-5-4-8-14(15)13(2)19/h4-5,8-9,12H,3,6-7,10-11H2,1-2H3,(H,17,20). The van der Waals surface area contributed by atoms with Gasteiger partial charge in [-0.05, 0) is 51.9 Å². The average Bonchev–Trinajstić information content (AvgIpc) is 2.47. The third kappa shape index (κ3) is 3.45. The quantitative estimate of drug-likeness (QED) is 0.859. The molecule has 0 aromatic heterocycles. The number of Topliss-reactive ketones (excluding diaryl/α,β-unsaturated/α-hetero) is 1. The predicted octanol–water partition coefficient (Wildman–Crippen LogP) is 2.70. The molecular formula is C16H22N2O2. The second kappa shape index (κ2) is 6.66. The van der Waals surface area contributed by atoms with Crippen LogP contribution in [-0.4, -0.2) is 35.7 Å². The number of rotatable bonds is 4. The van der Waals surface area contributed by atoms with Crippen molar-refractivity contribution in [3.05, 3.63) is 29.8 Å². The molecule has 1 unspecified atom stereocenters. The molecule has 1 heterocycles. The summed E-state index contributed by atoms with van der Waals surface area (Å²) >= 11 is 0. The lowest BCUT2D eigenvalue weighted by atomic mass is 10.1. The monoisotopic (exact) mass is 274 g/mol. The Hall–Kier alpha value is -1.68. The van der Waals surface area contributed by atoms with Gasteiger partial charge < -0.3 is 5.32 Å². The third-order valence-electron chi connectivity index (χ3n) is 3.88. The molecule has 0 spiro atoms. The van der Waals surface area contributed by atoms with E-state index < -0.39 is 0 Å². The molecule has 0 aliphatic carbocycles. The van der Waals surface area contributed by atoms with E-state index in [9.17, 15) is 9.59 Å². The van der Waals surface area contributed by atoms with E-state index in [4.69, 9.17) is 0 Å². The minimum Gasteiger partial charge on any atom is -0.324 e. The first-order chi connectivity index (χ1) is 9.59. The van der Waals surface area contributed by atoms with Crippen LogP contribution in [0.1, 0.15) is 43.5 Å². The van der Waals surface area contributed by atoms with Crippen LogP contribution in [0.2, 0.25) is 0 Å². The van der Waals surface area contributed by atoms with Crippen molar-refractivity contribution in [1.29, 1.82) is 0 Å². The molecule has 1 saturated heterocycles. The fourth-order valence-corrected chi connectivity index (χ4v) is 2.61. The van der Waals surface area contributed by atoms with Crippen molar-refractivity contribution in [2.24, 2.45) is 0 Å². The number of carbonyl (C=O) groups is 2. The van der Waals surface area contributed by atoms with E-state index >= 15 is 0 Å². The second-order valence-corrected chi connectivity index (χ2v) is 5.36. The molecule has 1 amide bonds. The lowest BCUT2D eigenvalue weighted by Crippen LogP contribution is -2.44. The molecule has 1 aromatic carbocycles. The van der Waals surface area contributed by atoms with Crippen molar-refractivity contribution >= 4 is 17.4 Å². The molecule has 1 aliphatic rings. The molecule has 108 valence electrons. The maximum Gasteiger partial charge on any atom is 0.241 e. The molecule has 20 heavy (non-hydrogen) atoms. The number of piperidine rings is 1. The predicted molar refractivity (Wildman–Crippen MR) is 80.0 cm³/mol. The highest BCUT2D eigenvalue weighted by atomic mass is 16.2. The number of nitrogens with one attached hydrogen (secondary N) is 1. The van der Waals surface area contributed by atoms with Gasteiger partial charge in [0.15, 0.2) is 5.78 Å². The minimum atomic E-state index is -0.157. The van der Waals surface area contributed by atoms with Gasteiger partial charge in [-0.1, -0.05) is 18.6 Å². The summed E-state index contributed by atoms with van der Waals surface area (Å²) in [5.41, 5.74) is 1.17. The molecule has 0 radical (unpaired) electrons. The summed E-state index contributed by atoms with van der Waals surface area (Å²) in [6.07, 6.45) is 3.56. The summed E-state index contributed by atoms with van der Waals surface area (Å²) in [5, 5.41) is 2.89. The summed E-state index contributed by atoms with van der Waals surface area (Å²) in [6.45, 7) is 5.39. The highest BCUT2D eigenvalue weighted by molar-refractivity contribution is 6.04. The van der Waals surface area contributed by atoms with Gasteiger partial charge in [0.05, 0.1) is 11.7 Å². The van der Waals surface area contributed by atoms with Gasteiger partial charge in [-0.15, -0.1) is 0 Å². The number of benzene rings is 1. The van der Waals surface area contributed by atoms with E-state index in [-0.39, 0.29) is 17.7 Å². The maximum atomic E-state index is 12.3. The van der Waals surface area contributed by atoms with Crippen LogP contribution in [0, 0.1) is 0 Å². The van der Waals surface area contributed by atoms with Gasteiger partial charge in [0.25, 0.3) is 0 Å². The van der Waals surface area contributed by atoms with Gasteiger partial charge in [-0.2, -0.15) is 0 Å². The molecule has 2 rings (SSSR count). The van der Waals surface area contributed by atoms with E-state index in [1.54, 1.807) is 18.2 Å². The fraction of sp³-hybridized carbons (Fsp3) is 0.500. The van der Waals surface area contributed by atoms with Crippen molar-refractivity contribution in [1.82, 2.24) is 4.90 Å². The van der Waals surface area contributed by atoms with Gasteiger partial charge in [-0.25, -0.2) is 0 Å². The van der Waals surface area contributed by atoms with Crippen molar-refractivity contribution in [2.45, 2.75) is 39.2 Å². The molecule has 1 N–H and O–H groups in total. The average molecular weight is 274 g/mol. The summed E-state index contributed by atoms with van der Waals surface area (Å²) in [4.78, 5) is 26.1. The molecule has 1 aromatic rings. The molecule has 0 bridgehead atoms. The van der Waals surface area contributed by atoms with Crippen molar-refractivity contribution in [2.75, 3.05) is 18.4 Å². The number of hydrogen-bond donors (Lipinski definition) is 1. The Morgan fingerprint density at radius 2 is 1.80 bits per heavy atom. The Morgan fingerprint density at radius 3 is 2.45 bits per heavy atom. The lowest BCUT2D eigenvalue weighted by molar-refractivity contribution is -0.121. The van der Waals surface area contributed by atoms with E-state index in [0.29, 0.717) is 11.3 Å². The van der Waals surface area contributed by atoms with Gasteiger partial charge in [-0.3, -0.25) is 14.5 Å². The van der Waals surface area contributed by atoms with Gasteiger partial charge in [0, 0.05) is 5.56 Å². The van der Waals surface area contributed by atoms with E-state index in [2.05, 4.69) is 10.2 Å². The third-order valence-corrected chi connectivity index (χ3v) is 3.88. The molecular weight excluding hydrogens is 252 g/mol. The largest absolute Gasteiger partial charge is 0.324 e. The van der Waals surface area contributed by atoms with Crippen LogP contribution in [0.25, 0.3) is 0 Å². The molecule has 1 atom stereocenters. The van der Waals surface area contributed by atoms with Crippen molar-refractivity contribution in [3.8, 4) is 0 Å². The van der Waals surface area contributed by atoms with Crippen LogP contribution >= 0.6 is 0 Å². The van der Waals surface area contributed by atoms with Crippen molar-refractivity contribution in [3.63, 3.8) is 0 Å². The molecule has 1 aliphatic heterocycles. The lowest BCUT2D eigenvalue weighted by Gasteiger charge is -2.31. The Bertz CT molecular complexity index is 493. The highest BCUT2D eigenvalue weighted by Gasteiger charge is 2.23. The van der Waals surface area contributed by atoms with Gasteiger partial charge in [0.2, 0.25) is 5.91 Å². The molecule has 0 saturated carbocycles. The van der Waals surface area contributed by atoms with Crippen LogP contribution in [0.4, 0.5) is 5.69 Å². The van der Waals surface area contributed by atoms with Crippen molar-refractivity contribution < 1.29 is 9.59 Å². The first kappa shape index (κ1) is 14.7. The number of ketones is 1. The number of amides is 1. The van der Waals surface area contributed by atoms with Gasteiger partial charge >= 0.3 is 0 Å². The summed E-state index contributed by atoms with van der Waals surface area (Å²) in [6, 6.07) is 6.99. The van der Waals surface area contributed by atoms with Crippen LogP contribution < -0.4 is 5.32 Å². The normalized spacial score (nSPS) is 17.5. The molecule has 4 nitrogen and oxygen atoms in total. The Kier molecular flexibility index (Phi) is 4.90. The SMILES string of the molecule is CC(=O)c1ccccc1NC(=O)C(C)N1CCCCC1. The number of hydrogen-bond acceptors (Lipinski definition) is 3. The number of likely N-dealkylation sites (tertiary alicyclic amines) is 1. The smallest absolute Gasteiger partial charge is 0.241 e. The summed E-state index contributed by atoms with van der Waals surface area (Å²) < 4.78 is 0. The van der Waals surface area contributed by atoms with Gasteiger partial charge in [0.1, 0.15) is 0 Å².